The molecule has 0 bridgehead atoms. The van der Waals surface area contributed by atoms with E-state index in [0.29, 0.717) is 48.6 Å². The first kappa shape index (κ1) is 22.0. The Labute approximate surface area is 191 Å². The van der Waals surface area contributed by atoms with Crippen molar-refractivity contribution in [2.24, 2.45) is 0 Å². The molecule has 166 valence electrons. The molecule has 2 amide bonds. The molecule has 3 aromatic rings. The second kappa shape index (κ2) is 9.96. The fourth-order valence-corrected chi connectivity index (χ4v) is 3.74. The zero-order chi connectivity index (χ0) is 23.2. The summed E-state index contributed by atoms with van der Waals surface area (Å²) in [4.78, 5) is 27.1. The number of halogens is 1. The average Bonchev–Trinajstić information content (AvgIpc) is 2.85. The van der Waals surface area contributed by atoms with E-state index in [1.807, 2.05) is 0 Å². The molecule has 4 rings (SSSR count). The highest BCUT2D eigenvalue weighted by Gasteiger charge is 2.25. The number of piperidine rings is 1. The molecule has 0 unspecified atom stereocenters. The summed E-state index contributed by atoms with van der Waals surface area (Å²) in [6.45, 7) is 0.976. The van der Waals surface area contributed by atoms with Crippen LogP contribution in [0.4, 0.5) is 4.39 Å². The number of nitrogens with one attached hydrogen (secondary N) is 1. The van der Waals surface area contributed by atoms with Gasteiger partial charge in [0.25, 0.3) is 11.8 Å². The maximum Gasteiger partial charge on any atom is 0.254 e. The van der Waals surface area contributed by atoms with Crippen LogP contribution in [0, 0.1) is 17.1 Å². The van der Waals surface area contributed by atoms with E-state index in [0.717, 1.165) is 0 Å². The van der Waals surface area contributed by atoms with Crippen molar-refractivity contribution in [3.05, 3.63) is 95.3 Å². The van der Waals surface area contributed by atoms with Gasteiger partial charge in [-0.05, 0) is 67.4 Å². The van der Waals surface area contributed by atoms with Gasteiger partial charge >= 0.3 is 0 Å². The quantitative estimate of drug-likeness (QED) is 0.628. The molecule has 6 nitrogen and oxygen atoms in total. The van der Waals surface area contributed by atoms with E-state index in [1.54, 1.807) is 65.6 Å². The van der Waals surface area contributed by atoms with Crippen LogP contribution in [0.15, 0.2) is 72.8 Å². The van der Waals surface area contributed by atoms with Gasteiger partial charge in [-0.25, -0.2) is 4.39 Å². The topological polar surface area (TPSA) is 82.4 Å². The lowest BCUT2D eigenvalue weighted by Gasteiger charge is -2.32. The minimum atomic E-state index is -0.550. The summed E-state index contributed by atoms with van der Waals surface area (Å²) < 4.78 is 19.6. The highest BCUT2D eigenvalue weighted by molar-refractivity contribution is 5.95. The van der Waals surface area contributed by atoms with E-state index in [9.17, 15) is 14.0 Å². The smallest absolute Gasteiger partial charge is 0.254 e. The molecule has 3 aromatic carbocycles. The maximum absolute atomic E-state index is 13.8. The van der Waals surface area contributed by atoms with Gasteiger partial charge in [-0.2, -0.15) is 5.26 Å². The molecular formula is C26H22FN3O3. The summed E-state index contributed by atoms with van der Waals surface area (Å²) in [6, 6.07) is 21.5. The molecule has 1 saturated heterocycles. The van der Waals surface area contributed by atoms with Crippen molar-refractivity contribution in [3.63, 3.8) is 0 Å². The fourth-order valence-electron chi connectivity index (χ4n) is 3.74. The molecule has 1 aliphatic rings. The second-order valence-corrected chi connectivity index (χ2v) is 7.79. The highest BCUT2D eigenvalue weighted by atomic mass is 19.1. The van der Waals surface area contributed by atoms with Crippen LogP contribution < -0.4 is 10.1 Å². The van der Waals surface area contributed by atoms with Gasteiger partial charge in [-0.15, -0.1) is 0 Å². The molecule has 7 heteroatoms. The van der Waals surface area contributed by atoms with Gasteiger partial charge in [-0.3, -0.25) is 9.59 Å². The predicted octanol–water partition coefficient (Wildman–Crippen LogP) is 4.52. The standard InChI is InChI=1S/C26H22FN3O3/c27-24-7-2-1-6-23(24)25(31)29-20-12-14-30(15-13-20)26(32)19-4-3-5-22(16-19)33-21-10-8-18(17-28)9-11-21/h1-11,16,20H,12-15H2,(H,29,31). The van der Waals surface area contributed by atoms with Crippen LogP contribution in [0.25, 0.3) is 0 Å². The zero-order valence-corrected chi connectivity index (χ0v) is 17.8. The molecule has 33 heavy (non-hydrogen) atoms. The summed E-state index contributed by atoms with van der Waals surface area (Å²) in [5.74, 6) is -0.00184. The summed E-state index contributed by atoms with van der Waals surface area (Å²) in [5.41, 5.74) is 1.07. The van der Waals surface area contributed by atoms with Crippen molar-refractivity contribution in [2.75, 3.05) is 13.1 Å². The zero-order valence-electron chi connectivity index (χ0n) is 17.8. The van der Waals surface area contributed by atoms with Gasteiger partial charge in [-0.1, -0.05) is 18.2 Å². The molecule has 1 heterocycles. The predicted molar refractivity (Wildman–Crippen MR) is 120 cm³/mol. The number of rotatable bonds is 5. The Hall–Kier alpha value is -4.18. The second-order valence-electron chi connectivity index (χ2n) is 7.79. The number of nitriles is 1. The molecular weight excluding hydrogens is 421 g/mol. The Kier molecular flexibility index (Phi) is 6.65. The number of hydrogen-bond acceptors (Lipinski definition) is 4. The lowest BCUT2D eigenvalue weighted by atomic mass is 10.0. The average molecular weight is 443 g/mol. The molecule has 0 aromatic heterocycles. The van der Waals surface area contributed by atoms with Crippen molar-refractivity contribution in [1.82, 2.24) is 10.2 Å². The first-order valence-electron chi connectivity index (χ1n) is 10.7. The van der Waals surface area contributed by atoms with Gasteiger partial charge in [0, 0.05) is 24.7 Å². The summed E-state index contributed by atoms with van der Waals surface area (Å²) in [5, 5.41) is 11.8. The van der Waals surface area contributed by atoms with E-state index in [1.165, 1.54) is 12.1 Å². The van der Waals surface area contributed by atoms with Gasteiger partial charge < -0.3 is 15.0 Å². The molecule has 0 spiro atoms. The van der Waals surface area contributed by atoms with Gasteiger partial charge in [0.1, 0.15) is 17.3 Å². The lowest BCUT2D eigenvalue weighted by Crippen LogP contribution is -2.46. The Bertz CT molecular complexity index is 1200. The van der Waals surface area contributed by atoms with Crippen LogP contribution in [-0.2, 0) is 0 Å². The van der Waals surface area contributed by atoms with Gasteiger partial charge in [0.2, 0.25) is 0 Å². The number of carbonyl (C=O) groups excluding carboxylic acids is 2. The number of benzene rings is 3. The van der Waals surface area contributed by atoms with Crippen molar-refractivity contribution in [1.29, 1.82) is 5.26 Å². The van der Waals surface area contributed by atoms with Crippen molar-refractivity contribution in [3.8, 4) is 17.6 Å². The number of carbonyl (C=O) groups is 2. The van der Waals surface area contributed by atoms with Crippen molar-refractivity contribution >= 4 is 11.8 Å². The third-order valence-corrected chi connectivity index (χ3v) is 5.54. The Morgan fingerprint density at radius 2 is 1.70 bits per heavy atom. The number of amides is 2. The third-order valence-electron chi connectivity index (χ3n) is 5.54. The SMILES string of the molecule is N#Cc1ccc(Oc2cccc(C(=O)N3CCC(NC(=O)c4ccccc4F)CC3)c2)cc1. The molecule has 0 saturated carbocycles. The largest absolute Gasteiger partial charge is 0.457 e. The molecule has 1 aliphatic heterocycles. The van der Waals surface area contributed by atoms with E-state index >= 15 is 0 Å². The van der Waals surface area contributed by atoms with E-state index in [-0.39, 0.29) is 17.5 Å². The van der Waals surface area contributed by atoms with Gasteiger partial charge in [0.05, 0.1) is 17.2 Å². The van der Waals surface area contributed by atoms with Crippen molar-refractivity contribution < 1.29 is 18.7 Å². The van der Waals surface area contributed by atoms with Crippen molar-refractivity contribution in [2.45, 2.75) is 18.9 Å². The summed E-state index contributed by atoms with van der Waals surface area (Å²) in [7, 11) is 0. The number of nitrogens with zero attached hydrogens (tertiary/aromatic N) is 2. The number of ether oxygens (including phenoxy) is 1. The normalized spacial score (nSPS) is 13.8. The van der Waals surface area contributed by atoms with Crippen LogP contribution in [0.2, 0.25) is 0 Å². The summed E-state index contributed by atoms with van der Waals surface area (Å²) >= 11 is 0. The van der Waals surface area contributed by atoms with Crippen LogP contribution in [0.3, 0.4) is 0 Å². The molecule has 0 aliphatic carbocycles. The van der Waals surface area contributed by atoms with E-state index in [4.69, 9.17) is 10.00 Å². The monoisotopic (exact) mass is 443 g/mol. The van der Waals surface area contributed by atoms with Gasteiger partial charge in [0.15, 0.2) is 0 Å². The minimum absolute atomic E-state index is 0.0232. The Balaban J connectivity index is 1.34. The lowest BCUT2D eigenvalue weighted by molar-refractivity contribution is 0.0697. The number of hydrogen-bond donors (Lipinski definition) is 1. The molecule has 0 atom stereocenters. The molecule has 1 N–H and O–H groups in total. The first-order chi connectivity index (χ1) is 16.0. The van der Waals surface area contributed by atoms with Crippen LogP contribution in [0.1, 0.15) is 39.1 Å². The first-order valence-corrected chi connectivity index (χ1v) is 10.7. The fraction of sp³-hybridized carbons (Fsp3) is 0.192. The van der Waals surface area contributed by atoms with Crippen LogP contribution in [0.5, 0.6) is 11.5 Å². The molecule has 0 radical (unpaired) electrons. The van der Waals surface area contributed by atoms with E-state index in [2.05, 4.69) is 11.4 Å². The summed E-state index contributed by atoms with van der Waals surface area (Å²) in [6.07, 6.45) is 1.18. The maximum atomic E-state index is 13.8. The van der Waals surface area contributed by atoms with Crippen LogP contribution in [-0.4, -0.2) is 35.8 Å². The number of likely N-dealkylation sites (tertiary alicyclic amines) is 1. The Morgan fingerprint density at radius 3 is 2.39 bits per heavy atom. The van der Waals surface area contributed by atoms with Crippen LogP contribution >= 0.6 is 0 Å². The van der Waals surface area contributed by atoms with E-state index < -0.39 is 11.7 Å². The third kappa shape index (κ3) is 5.36. The minimum Gasteiger partial charge on any atom is -0.457 e. The highest BCUT2D eigenvalue weighted by Crippen LogP contribution is 2.24. The Morgan fingerprint density at radius 1 is 0.970 bits per heavy atom. The molecule has 1 fully saturated rings.